The van der Waals surface area contributed by atoms with Crippen molar-refractivity contribution in [2.24, 2.45) is 10.9 Å². The van der Waals surface area contributed by atoms with Crippen molar-refractivity contribution in [2.45, 2.75) is 52.0 Å². The summed E-state index contributed by atoms with van der Waals surface area (Å²) in [5, 5.41) is 6.74. The zero-order valence-corrected chi connectivity index (χ0v) is 21.3. The summed E-state index contributed by atoms with van der Waals surface area (Å²) >= 11 is 0. The Bertz CT molecular complexity index is 632. The largest absolute Gasteiger partial charge is 0.381 e. The minimum Gasteiger partial charge on any atom is -0.381 e. The quantitative estimate of drug-likeness (QED) is 0.203. The molecule has 0 saturated carbocycles. The molecule has 0 aliphatic carbocycles. The molecule has 2 saturated heterocycles. The molecule has 1 aromatic heterocycles. The minimum atomic E-state index is 0. The van der Waals surface area contributed by atoms with E-state index in [1.165, 1.54) is 31.2 Å². The second-order valence-corrected chi connectivity index (χ2v) is 8.20. The van der Waals surface area contributed by atoms with Gasteiger partial charge in [-0.1, -0.05) is 12.8 Å². The van der Waals surface area contributed by atoms with Crippen molar-refractivity contribution in [3.8, 4) is 0 Å². The van der Waals surface area contributed by atoms with Gasteiger partial charge in [-0.3, -0.25) is 0 Å². The Labute approximate surface area is 204 Å². The highest BCUT2D eigenvalue weighted by atomic mass is 127. The first-order valence-electron chi connectivity index (χ1n) is 11.7. The molecule has 7 nitrogen and oxygen atoms in total. The lowest BCUT2D eigenvalue weighted by molar-refractivity contribution is 0.0888. The zero-order valence-electron chi connectivity index (χ0n) is 19.0. The maximum absolute atomic E-state index is 5.78. The maximum atomic E-state index is 5.78. The van der Waals surface area contributed by atoms with E-state index in [1.54, 1.807) is 0 Å². The van der Waals surface area contributed by atoms with Crippen molar-refractivity contribution < 1.29 is 9.47 Å². The number of guanidine groups is 1. The molecule has 1 unspecified atom stereocenters. The number of aliphatic imine (C=N–C) groups is 1. The molecule has 176 valence electrons. The summed E-state index contributed by atoms with van der Waals surface area (Å²) in [6.07, 6.45) is 9.19. The van der Waals surface area contributed by atoms with Gasteiger partial charge in [0.1, 0.15) is 5.82 Å². The van der Waals surface area contributed by atoms with Crippen LogP contribution in [0, 0.1) is 5.92 Å². The van der Waals surface area contributed by atoms with Crippen LogP contribution < -0.4 is 15.5 Å². The predicted octanol–water partition coefficient (Wildman–Crippen LogP) is 3.58. The normalized spacial score (nSPS) is 19.6. The first-order valence-corrected chi connectivity index (χ1v) is 11.7. The van der Waals surface area contributed by atoms with Gasteiger partial charge in [-0.25, -0.2) is 9.98 Å². The molecule has 31 heavy (non-hydrogen) atoms. The second kappa shape index (κ2) is 15.6. The molecule has 1 aromatic rings. The minimum absolute atomic E-state index is 0. The third kappa shape index (κ3) is 9.91. The van der Waals surface area contributed by atoms with Gasteiger partial charge in [0.2, 0.25) is 0 Å². The molecule has 0 radical (unpaired) electrons. The van der Waals surface area contributed by atoms with Crippen LogP contribution in [0.2, 0.25) is 0 Å². The van der Waals surface area contributed by atoms with E-state index in [0.29, 0.717) is 12.5 Å². The molecular weight excluding hydrogens is 505 g/mol. The maximum Gasteiger partial charge on any atom is 0.191 e. The Morgan fingerprint density at radius 1 is 1.26 bits per heavy atom. The molecule has 1 atom stereocenters. The summed E-state index contributed by atoms with van der Waals surface area (Å²) in [6.45, 7) is 9.98. The molecule has 2 fully saturated rings. The van der Waals surface area contributed by atoms with E-state index in [4.69, 9.17) is 14.5 Å². The van der Waals surface area contributed by atoms with Gasteiger partial charge in [0.25, 0.3) is 0 Å². The summed E-state index contributed by atoms with van der Waals surface area (Å²) in [4.78, 5) is 11.8. The lowest BCUT2D eigenvalue weighted by Gasteiger charge is -2.21. The van der Waals surface area contributed by atoms with Gasteiger partial charge in [0.05, 0.1) is 19.8 Å². The highest BCUT2D eigenvalue weighted by Crippen LogP contribution is 2.18. The van der Waals surface area contributed by atoms with E-state index < -0.39 is 0 Å². The van der Waals surface area contributed by atoms with E-state index in [9.17, 15) is 0 Å². The van der Waals surface area contributed by atoms with Gasteiger partial charge in [-0.15, -0.1) is 24.0 Å². The molecule has 3 heterocycles. The van der Waals surface area contributed by atoms with Crippen molar-refractivity contribution in [1.29, 1.82) is 0 Å². The lowest BCUT2D eigenvalue weighted by atomic mass is 10.1. The number of aromatic nitrogens is 1. The molecule has 0 aromatic carbocycles. The summed E-state index contributed by atoms with van der Waals surface area (Å²) < 4.78 is 11.2. The Morgan fingerprint density at radius 3 is 2.84 bits per heavy atom. The highest BCUT2D eigenvalue weighted by molar-refractivity contribution is 14.0. The second-order valence-electron chi connectivity index (χ2n) is 8.20. The standard InChI is InChI=1S/C23H39N5O2.HI/c1-2-24-23(26-10-7-14-29-18-21-9-15-30-19-21)27-17-20-8-11-25-22(16-20)28-12-5-3-4-6-13-28;/h8,11,16,21H,2-7,9-10,12-15,17-19H2,1H3,(H2,24,26,27);1H. The number of nitrogens with one attached hydrogen (secondary N) is 2. The number of anilines is 1. The van der Waals surface area contributed by atoms with Crippen molar-refractivity contribution >= 4 is 35.8 Å². The number of nitrogens with zero attached hydrogens (tertiary/aromatic N) is 3. The first kappa shape index (κ1) is 26.1. The SMILES string of the molecule is CCNC(=NCc1ccnc(N2CCCCCC2)c1)NCCCOCC1CCOC1.I. The predicted molar refractivity (Wildman–Crippen MR) is 138 cm³/mol. The van der Waals surface area contributed by atoms with Crippen molar-refractivity contribution in [1.82, 2.24) is 15.6 Å². The topological polar surface area (TPSA) is 71.0 Å². The molecule has 0 amide bonds. The van der Waals surface area contributed by atoms with E-state index in [1.807, 2.05) is 6.20 Å². The van der Waals surface area contributed by atoms with E-state index in [0.717, 1.165) is 77.2 Å². The molecule has 3 rings (SSSR count). The van der Waals surface area contributed by atoms with Crippen LogP contribution in [0.25, 0.3) is 0 Å². The lowest BCUT2D eigenvalue weighted by Crippen LogP contribution is -2.38. The van der Waals surface area contributed by atoms with Crippen LogP contribution in [-0.2, 0) is 16.0 Å². The van der Waals surface area contributed by atoms with Gasteiger partial charge in [0, 0.05) is 51.5 Å². The average molecular weight is 546 g/mol. The van der Waals surface area contributed by atoms with Crippen LogP contribution in [0.4, 0.5) is 5.82 Å². The number of hydrogen-bond acceptors (Lipinski definition) is 5. The molecule has 0 spiro atoms. The van der Waals surface area contributed by atoms with Crippen LogP contribution in [0.1, 0.15) is 51.0 Å². The summed E-state index contributed by atoms with van der Waals surface area (Å²) in [5.41, 5.74) is 1.20. The Kier molecular flexibility index (Phi) is 13.2. The first-order chi connectivity index (χ1) is 14.8. The van der Waals surface area contributed by atoms with Gasteiger partial charge >= 0.3 is 0 Å². The van der Waals surface area contributed by atoms with Crippen LogP contribution in [0.5, 0.6) is 0 Å². The fraction of sp³-hybridized carbons (Fsp3) is 0.739. The smallest absolute Gasteiger partial charge is 0.191 e. The van der Waals surface area contributed by atoms with E-state index in [-0.39, 0.29) is 24.0 Å². The van der Waals surface area contributed by atoms with Gasteiger partial charge in [0.15, 0.2) is 5.96 Å². The third-order valence-corrected chi connectivity index (χ3v) is 5.64. The molecule has 2 aliphatic heterocycles. The molecule has 8 heteroatoms. The molecule has 0 bridgehead atoms. The van der Waals surface area contributed by atoms with Crippen molar-refractivity contribution in [3.63, 3.8) is 0 Å². The van der Waals surface area contributed by atoms with Crippen LogP contribution >= 0.6 is 24.0 Å². The van der Waals surface area contributed by atoms with Crippen LogP contribution in [0.3, 0.4) is 0 Å². The van der Waals surface area contributed by atoms with Crippen molar-refractivity contribution in [3.05, 3.63) is 23.9 Å². The van der Waals surface area contributed by atoms with Crippen LogP contribution in [0.15, 0.2) is 23.3 Å². The fourth-order valence-corrected chi connectivity index (χ4v) is 3.89. The monoisotopic (exact) mass is 545 g/mol. The third-order valence-electron chi connectivity index (χ3n) is 5.64. The average Bonchev–Trinajstić information content (AvgIpc) is 3.14. The number of pyridine rings is 1. The molecule has 2 N–H and O–H groups in total. The van der Waals surface area contributed by atoms with E-state index >= 15 is 0 Å². The van der Waals surface area contributed by atoms with E-state index in [2.05, 4.69) is 39.6 Å². The number of hydrogen-bond donors (Lipinski definition) is 2. The highest BCUT2D eigenvalue weighted by Gasteiger charge is 2.15. The number of halogens is 1. The Balaban J connectivity index is 0.00000341. The Hall–Kier alpha value is -1.13. The fourth-order valence-electron chi connectivity index (χ4n) is 3.89. The van der Waals surface area contributed by atoms with Gasteiger partial charge in [-0.2, -0.15) is 0 Å². The molecule has 2 aliphatic rings. The van der Waals surface area contributed by atoms with Crippen molar-refractivity contribution in [2.75, 3.05) is 57.5 Å². The van der Waals surface area contributed by atoms with Gasteiger partial charge < -0.3 is 25.0 Å². The van der Waals surface area contributed by atoms with Crippen LogP contribution in [-0.4, -0.2) is 63.6 Å². The summed E-state index contributed by atoms with van der Waals surface area (Å²) in [6, 6.07) is 4.26. The summed E-state index contributed by atoms with van der Waals surface area (Å²) in [5.74, 6) is 2.53. The zero-order chi connectivity index (χ0) is 20.9. The van der Waals surface area contributed by atoms with Gasteiger partial charge in [-0.05, 0) is 50.3 Å². The summed E-state index contributed by atoms with van der Waals surface area (Å²) in [7, 11) is 0. The molecular formula is C23H40IN5O2. The number of rotatable bonds is 10. The number of ether oxygens (including phenoxy) is 2. The Morgan fingerprint density at radius 2 is 2.10 bits per heavy atom.